The van der Waals surface area contributed by atoms with Gasteiger partial charge < -0.3 is 14.5 Å². The Kier molecular flexibility index (Phi) is 4.11. The van der Waals surface area contributed by atoms with Crippen LogP contribution in [0.3, 0.4) is 0 Å². The van der Waals surface area contributed by atoms with Gasteiger partial charge in [0.15, 0.2) is 0 Å². The quantitative estimate of drug-likeness (QED) is 0.585. The number of aromatic nitrogens is 2. The number of anilines is 1. The van der Waals surface area contributed by atoms with Gasteiger partial charge in [-0.3, -0.25) is 4.79 Å². The summed E-state index contributed by atoms with van der Waals surface area (Å²) in [4.78, 5) is 16.8. The molecule has 0 spiro atoms. The molecule has 0 fully saturated rings. The number of carbonyl (C=O) groups excluding carboxylic acids is 1. The van der Waals surface area contributed by atoms with Crippen LogP contribution in [0.1, 0.15) is 16.1 Å². The number of rotatable bonds is 4. The molecule has 0 bridgehead atoms. The molecule has 5 heteroatoms. The number of para-hydroxylation sites is 1. The van der Waals surface area contributed by atoms with Crippen molar-refractivity contribution in [3.8, 4) is 11.5 Å². The number of imidazole rings is 1. The number of nitrogens with zero attached hydrogens (tertiary/aromatic N) is 2. The maximum absolute atomic E-state index is 12.4. The second kappa shape index (κ2) is 6.72. The van der Waals surface area contributed by atoms with Crippen molar-refractivity contribution in [2.45, 2.75) is 6.92 Å². The molecule has 0 saturated heterocycles. The maximum atomic E-state index is 12.4. The van der Waals surface area contributed by atoms with Gasteiger partial charge >= 0.3 is 0 Å². The molecule has 1 N–H and O–H groups in total. The van der Waals surface area contributed by atoms with Crippen LogP contribution in [0.25, 0.3) is 5.65 Å². The van der Waals surface area contributed by atoms with Crippen LogP contribution in [0.2, 0.25) is 0 Å². The molecule has 0 radical (unpaired) electrons. The molecule has 0 saturated carbocycles. The average molecular weight is 343 g/mol. The van der Waals surface area contributed by atoms with Crippen molar-refractivity contribution in [2.75, 3.05) is 5.32 Å². The smallest absolute Gasteiger partial charge is 0.275 e. The first-order valence-corrected chi connectivity index (χ1v) is 8.27. The summed E-state index contributed by atoms with van der Waals surface area (Å²) in [6.45, 7) is 1.99. The Labute approximate surface area is 150 Å². The van der Waals surface area contributed by atoms with Crippen molar-refractivity contribution >= 4 is 17.2 Å². The highest BCUT2D eigenvalue weighted by molar-refractivity contribution is 6.03. The number of hydrogen-bond acceptors (Lipinski definition) is 3. The lowest BCUT2D eigenvalue weighted by atomic mass is 10.3. The highest BCUT2D eigenvalue weighted by atomic mass is 16.5. The van der Waals surface area contributed by atoms with Crippen molar-refractivity contribution in [1.82, 2.24) is 9.38 Å². The Balaban J connectivity index is 1.46. The van der Waals surface area contributed by atoms with Crippen LogP contribution >= 0.6 is 0 Å². The molecule has 2 aromatic heterocycles. The van der Waals surface area contributed by atoms with Crippen molar-refractivity contribution < 1.29 is 9.53 Å². The third kappa shape index (κ3) is 3.42. The fraction of sp³-hybridized carbons (Fsp3) is 0.0476. The average Bonchev–Trinajstić information content (AvgIpc) is 3.07. The second-order valence-electron chi connectivity index (χ2n) is 5.99. The summed E-state index contributed by atoms with van der Waals surface area (Å²) in [5.41, 5.74) is 2.91. The number of aryl methyl sites for hydroxylation is 1. The zero-order chi connectivity index (χ0) is 17.9. The van der Waals surface area contributed by atoms with Gasteiger partial charge in [0.05, 0.1) is 0 Å². The Morgan fingerprint density at radius 1 is 1.00 bits per heavy atom. The largest absolute Gasteiger partial charge is 0.457 e. The minimum Gasteiger partial charge on any atom is -0.457 e. The number of pyridine rings is 1. The summed E-state index contributed by atoms with van der Waals surface area (Å²) >= 11 is 0. The molecule has 5 nitrogen and oxygen atoms in total. The van der Waals surface area contributed by atoms with E-state index in [1.54, 1.807) is 18.3 Å². The van der Waals surface area contributed by atoms with Crippen molar-refractivity contribution in [2.24, 2.45) is 0 Å². The van der Waals surface area contributed by atoms with Gasteiger partial charge in [-0.05, 0) is 61.0 Å². The third-order valence-electron chi connectivity index (χ3n) is 3.94. The van der Waals surface area contributed by atoms with Crippen LogP contribution < -0.4 is 10.1 Å². The summed E-state index contributed by atoms with van der Waals surface area (Å²) in [5, 5.41) is 2.85. The SMILES string of the molecule is Cc1ccn2cc(C(=O)Nc3ccc(Oc4ccccc4)cc3)nc2c1. The molecular formula is C21H17N3O2. The van der Waals surface area contributed by atoms with Gasteiger partial charge in [0.2, 0.25) is 0 Å². The molecule has 2 aromatic carbocycles. The zero-order valence-electron chi connectivity index (χ0n) is 14.2. The van der Waals surface area contributed by atoms with E-state index in [0.717, 1.165) is 17.0 Å². The van der Waals surface area contributed by atoms with E-state index in [0.29, 0.717) is 17.1 Å². The maximum Gasteiger partial charge on any atom is 0.275 e. The summed E-state index contributed by atoms with van der Waals surface area (Å²) in [7, 11) is 0. The first kappa shape index (κ1) is 15.9. The van der Waals surface area contributed by atoms with E-state index < -0.39 is 0 Å². The molecule has 0 aliphatic rings. The van der Waals surface area contributed by atoms with Gasteiger partial charge in [0, 0.05) is 18.1 Å². The number of nitrogens with one attached hydrogen (secondary N) is 1. The first-order valence-electron chi connectivity index (χ1n) is 8.27. The van der Waals surface area contributed by atoms with Gasteiger partial charge in [-0.1, -0.05) is 18.2 Å². The van der Waals surface area contributed by atoms with Crippen LogP contribution in [-0.2, 0) is 0 Å². The highest BCUT2D eigenvalue weighted by Crippen LogP contribution is 2.22. The van der Waals surface area contributed by atoms with Crippen LogP contribution in [0.4, 0.5) is 5.69 Å². The van der Waals surface area contributed by atoms with E-state index in [1.165, 1.54) is 0 Å². The standard InChI is InChI=1S/C21H17N3O2/c1-15-11-12-24-14-19(23-20(24)13-15)21(25)22-16-7-9-18(10-8-16)26-17-5-3-2-4-6-17/h2-14H,1H3,(H,22,25). The monoisotopic (exact) mass is 343 g/mol. The number of amides is 1. The summed E-state index contributed by atoms with van der Waals surface area (Å²) in [5.74, 6) is 1.23. The lowest BCUT2D eigenvalue weighted by Gasteiger charge is -2.07. The Morgan fingerprint density at radius 2 is 1.73 bits per heavy atom. The zero-order valence-corrected chi connectivity index (χ0v) is 14.2. The molecule has 0 atom stereocenters. The minimum absolute atomic E-state index is 0.247. The molecule has 1 amide bonds. The highest BCUT2D eigenvalue weighted by Gasteiger charge is 2.11. The normalized spacial score (nSPS) is 10.7. The van der Waals surface area contributed by atoms with Crippen LogP contribution in [0.5, 0.6) is 11.5 Å². The van der Waals surface area contributed by atoms with Crippen molar-refractivity contribution in [1.29, 1.82) is 0 Å². The molecule has 128 valence electrons. The predicted octanol–water partition coefficient (Wildman–Crippen LogP) is 4.69. The van der Waals surface area contributed by atoms with Crippen LogP contribution in [0, 0.1) is 6.92 Å². The lowest BCUT2D eigenvalue weighted by Crippen LogP contribution is -2.12. The molecule has 4 aromatic rings. The van der Waals surface area contributed by atoms with Gasteiger partial charge in [-0.15, -0.1) is 0 Å². The summed E-state index contributed by atoms with van der Waals surface area (Å²) < 4.78 is 7.58. The van der Waals surface area contributed by atoms with E-state index in [9.17, 15) is 4.79 Å². The molecule has 0 aliphatic heterocycles. The molecule has 4 rings (SSSR count). The molecule has 0 unspecified atom stereocenters. The van der Waals surface area contributed by atoms with E-state index in [4.69, 9.17) is 4.74 Å². The molecule has 2 heterocycles. The summed E-state index contributed by atoms with van der Waals surface area (Å²) in [6.07, 6.45) is 3.61. The van der Waals surface area contributed by atoms with Crippen LogP contribution in [-0.4, -0.2) is 15.3 Å². The van der Waals surface area contributed by atoms with Crippen molar-refractivity contribution in [3.05, 3.63) is 90.4 Å². The first-order chi connectivity index (χ1) is 12.7. The van der Waals surface area contributed by atoms with E-state index in [-0.39, 0.29) is 5.91 Å². The van der Waals surface area contributed by atoms with E-state index in [1.807, 2.05) is 72.1 Å². The summed E-state index contributed by atoms with van der Waals surface area (Å²) in [6, 6.07) is 20.7. The fourth-order valence-corrected chi connectivity index (χ4v) is 2.62. The predicted molar refractivity (Wildman–Crippen MR) is 101 cm³/mol. The Hall–Kier alpha value is -3.60. The van der Waals surface area contributed by atoms with E-state index in [2.05, 4.69) is 10.3 Å². The fourth-order valence-electron chi connectivity index (χ4n) is 2.62. The number of ether oxygens (including phenoxy) is 1. The van der Waals surface area contributed by atoms with Gasteiger partial charge in [0.1, 0.15) is 22.8 Å². The number of hydrogen-bond donors (Lipinski definition) is 1. The number of fused-ring (bicyclic) bond motifs is 1. The topological polar surface area (TPSA) is 55.6 Å². The Morgan fingerprint density at radius 3 is 2.50 bits per heavy atom. The molecular weight excluding hydrogens is 326 g/mol. The second-order valence-corrected chi connectivity index (χ2v) is 5.99. The van der Waals surface area contributed by atoms with Gasteiger partial charge in [0.25, 0.3) is 5.91 Å². The van der Waals surface area contributed by atoms with E-state index >= 15 is 0 Å². The lowest BCUT2D eigenvalue weighted by molar-refractivity contribution is 0.102. The van der Waals surface area contributed by atoms with Crippen molar-refractivity contribution in [3.63, 3.8) is 0 Å². The van der Waals surface area contributed by atoms with Gasteiger partial charge in [-0.25, -0.2) is 4.98 Å². The van der Waals surface area contributed by atoms with Gasteiger partial charge in [-0.2, -0.15) is 0 Å². The molecule has 0 aliphatic carbocycles. The third-order valence-corrected chi connectivity index (χ3v) is 3.94. The Bertz CT molecular complexity index is 1050. The number of benzene rings is 2. The number of carbonyl (C=O) groups is 1. The minimum atomic E-state index is -0.247. The van der Waals surface area contributed by atoms with Crippen LogP contribution in [0.15, 0.2) is 79.1 Å². The molecule has 26 heavy (non-hydrogen) atoms.